The van der Waals surface area contributed by atoms with Crippen molar-refractivity contribution in [3.05, 3.63) is 45.7 Å². The van der Waals surface area contributed by atoms with E-state index in [0.717, 1.165) is 36.6 Å². The van der Waals surface area contributed by atoms with Gasteiger partial charge in [0.15, 0.2) is 6.29 Å². The maximum atomic E-state index is 11.8. The molecule has 0 saturated heterocycles. The predicted octanol–water partition coefficient (Wildman–Crippen LogP) is 1.76. The molecule has 3 nitrogen and oxygen atoms in total. The smallest absolute Gasteiger partial charge is 0.251 e. The van der Waals surface area contributed by atoms with Crippen molar-refractivity contribution in [1.29, 1.82) is 0 Å². The third-order valence-electron chi connectivity index (χ3n) is 3.20. The average molecular weight is 213 g/mol. The first kappa shape index (κ1) is 9.33. The second-order valence-electron chi connectivity index (χ2n) is 4.12. The van der Waals surface area contributed by atoms with Crippen LogP contribution in [0.3, 0.4) is 0 Å². The van der Waals surface area contributed by atoms with E-state index in [-0.39, 0.29) is 5.56 Å². The second kappa shape index (κ2) is 3.30. The number of para-hydroxylation sites is 1. The Morgan fingerprint density at radius 3 is 3.00 bits per heavy atom. The van der Waals surface area contributed by atoms with Crippen LogP contribution in [0.4, 0.5) is 0 Å². The van der Waals surface area contributed by atoms with Crippen LogP contribution in [0.1, 0.15) is 22.3 Å². The molecule has 0 radical (unpaired) electrons. The number of hydrogen-bond donors (Lipinski definition) is 0. The first-order chi connectivity index (χ1) is 7.81. The van der Waals surface area contributed by atoms with E-state index in [2.05, 4.69) is 0 Å². The van der Waals surface area contributed by atoms with Crippen LogP contribution in [-0.4, -0.2) is 10.9 Å². The Hall–Kier alpha value is -1.90. The van der Waals surface area contributed by atoms with Crippen molar-refractivity contribution in [2.24, 2.45) is 0 Å². The number of rotatable bonds is 1. The fourth-order valence-electron chi connectivity index (χ4n) is 2.49. The molecule has 3 rings (SSSR count). The van der Waals surface area contributed by atoms with Crippen molar-refractivity contribution >= 4 is 17.2 Å². The molecule has 0 atom stereocenters. The Labute approximate surface area is 92.3 Å². The minimum absolute atomic E-state index is 0.0678. The number of hydrogen-bond acceptors (Lipinski definition) is 2. The number of aromatic nitrogens is 1. The topological polar surface area (TPSA) is 39.1 Å². The quantitative estimate of drug-likeness (QED) is 0.677. The van der Waals surface area contributed by atoms with E-state index in [1.807, 2.05) is 18.2 Å². The van der Waals surface area contributed by atoms with E-state index < -0.39 is 0 Å². The Morgan fingerprint density at radius 1 is 1.31 bits per heavy atom. The van der Waals surface area contributed by atoms with Crippen molar-refractivity contribution in [2.45, 2.75) is 19.4 Å². The van der Waals surface area contributed by atoms with Crippen molar-refractivity contribution in [2.75, 3.05) is 0 Å². The third-order valence-corrected chi connectivity index (χ3v) is 3.20. The molecule has 80 valence electrons. The van der Waals surface area contributed by atoms with Crippen LogP contribution in [0.15, 0.2) is 29.1 Å². The van der Waals surface area contributed by atoms with Gasteiger partial charge in [-0.1, -0.05) is 18.2 Å². The lowest BCUT2D eigenvalue weighted by Crippen LogP contribution is -2.24. The van der Waals surface area contributed by atoms with Crippen molar-refractivity contribution < 1.29 is 4.79 Å². The lowest BCUT2D eigenvalue weighted by molar-refractivity contribution is 0.112. The standard InChI is InChI=1S/C13H11NO2/c15-8-10-7-12(16)14-6-2-4-9-3-1-5-11(10)13(9)14/h1,3,5,7-8H,2,4,6H2. The maximum absolute atomic E-state index is 11.8. The summed E-state index contributed by atoms with van der Waals surface area (Å²) in [5.41, 5.74) is 2.55. The third kappa shape index (κ3) is 1.14. The number of pyridine rings is 1. The summed E-state index contributed by atoms with van der Waals surface area (Å²) in [4.78, 5) is 22.8. The Bertz CT molecular complexity index is 640. The van der Waals surface area contributed by atoms with E-state index in [1.54, 1.807) is 4.57 Å². The second-order valence-corrected chi connectivity index (χ2v) is 4.12. The summed E-state index contributed by atoms with van der Waals surface area (Å²) < 4.78 is 1.78. The van der Waals surface area contributed by atoms with Crippen LogP contribution in [0.5, 0.6) is 0 Å². The molecule has 0 bridgehead atoms. The lowest BCUT2D eigenvalue weighted by Gasteiger charge is -2.19. The molecule has 0 fully saturated rings. The first-order valence-electron chi connectivity index (χ1n) is 5.42. The highest BCUT2D eigenvalue weighted by molar-refractivity contribution is 5.97. The molecule has 1 aliphatic rings. The van der Waals surface area contributed by atoms with Crippen LogP contribution >= 0.6 is 0 Å². The lowest BCUT2D eigenvalue weighted by atomic mass is 9.99. The maximum Gasteiger partial charge on any atom is 0.251 e. The molecule has 0 N–H and O–H groups in total. The highest BCUT2D eigenvalue weighted by Gasteiger charge is 2.15. The van der Waals surface area contributed by atoms with Crippen molar-refractivity contribution in [1.82, 2.24) is 4.57 Å². The number of nitrogens with zero attached hydrogens (tertiary/aromatic N) is 1. The number of aryl methyl sites for hydroxylation is 2. The van der Waals surface area contributed by atoms with E-state index >= 15 is 0 Å². The first-order valence-corrected chi connectivity index (χ1v) is 5.42. The van der Waals surface area contributed by atoms with Gasteiger partial charge in [0.05, 0.1) is 5.52 Å². The molecule has 16 heavy (non-hydrogen) atoms. The molecule has 0 amide bonds. The van der Waals surface area contributed by atoms with Crippen molar-refractivity contribution in [3.63, 3.8) is 0 Å². The van der Waals surface area contributed by atoms with Gasteiger partial charge in [-0.2, -0.15) is 0 Å². The summed E-state index contributed by atoms with van der Waals surface area (Å²) in [6.45, 7) is 0.755. The molecule has 0 aliphatic carbocycles. The highest BCUT2D eigenvalue weighted by Crippen LogP contribution is 2.24. The summed E-state index contributed by atoms with van der Waals surface area (Å²) in [5.74, 6) is 0. The van der Waals surface area contributed by atoms with Crippen LogP contribution in [0.25, 0.3) is 10.9 Å². The molecular formula is C13H11NO2. The van der Waals surface area contributed by atoms with Crippen LogP contribution in [0.2, 0.25) is 0 Å². The van der Waals surface area contributed by atoms with Gasteiger partial charge in [-0.3, -0.25) is 9.59 Å². The zero-order valence-corrected chi connectivity index (χ0v) is 8.77. The molecule has 3 heteroatoms. The highest BCUT2D eigenvalue weighted by atomic mass is 16.1. The minimum Gasteiger partial charge on any atom is -0.308 e. The van der Waals surface area contributed by atoms with Gasteiger partial charge in [0.2, 0.25) is 0 Å². The molecule has 0 saturated carbocycles. The van der Waals surface area contributed by atoms with Crippen LogP contribution in [-0.2, 0) is 13.0 Å². The monoisotopic (exact) mass is 213 g/mol. The summed E-state index contributed by atoms with van der Waals surface area (Å²) in [6, 6.07) is 7.32. The zero-order valence-electron chi connectivity index (χ0n) is 8.77. The number of benzene rings is 1. The SMILES string of the molecule is O=Cc1cc(=O)n2c3c(cccc13)CCC2. The number of carbonyl (C=O) groups is 1. The van der Waals surface area contributed by atoms with Gasteiger partial charge in [-0.25, -0.2) is 0 Å². The summed E-state index contributed by atoms with van der Waals surface area (Å²) in [5, 5.41) is 0.895. The van der Waals surface area contributed by atoms with Gasteiger partial charge >= 0.3 is 0 Å². The van der Waals surface area contributed by atoms with Gasteiger partial charge in [0.1, 0.15) is 0 Å². The van der Waals surface area contributed by atoms with E-state index in [4.69, 9.17) is 0 Å². The summed E-state index contributed by atoms with van der Waals surface area (Å²) in [6.07, 6.45) is 2.74. The van der Waals surface area contributed by atoms with Gasteiger partial charge in [-0.15, -0.1) is 0 Å². The van der Waals surface area contributed by atoms with E-state index in [0.29, 0.717) is 5.56 Å². The molecule has 1 aromatic carbocycles. The average Bonchev–Trinajstić information content (AvgIpc) is 2.33. The summed E-state index contributed by atoms with van der Waals surface area (Å²) >= 11 is 0. The molecule has 0 spiro atoms. The fourth-order valence-corrected chi connectivity index (χ4v) is 2.49. The molecular weight excluding hydrogens is 202 g/mol. The van der Waals surface area contributed by atoms with E-state index in [9.17, 15) is 9.59 Å². The van der Waals surface area contributed by atoms with Crippen LogP contribution < -0.4 is 5.56 Å². The number of aldehydes is 1. The molecule has 1 aliphatic heterocycles. The predicted molar refractivity (Wildman–Crippen MR) is 61.9 cm³/mol. The van der Waals surface area contributed by atoms with E-state index in [1.165, 1.54) is 11.6 Å². The Kier molecular flexibility index (Phi) is 1.93. The van der Waals surface area contributed by atoms with Gasteiger partial charge in [-0.05, 0) is 18.4 Å². The molecule has 2 heterocycles. The Morgan fingerprint density at radius 2 is 2.19 bits per heavy atom. The normalized spacial score (nSPS) is 14.0. The van der Waals surface area contributed by atoms with Gasteiger partial charge < -0.3 is 4.57 Å². The Balaban J connectivity index is 2.57. The van der Waals surface area contributed by atoms with Crippen molar-refractivity contribution in [3.8, 4) is 0 Å². The van der Waals surface area contributed by atoms with Crippen LogP contribution in [0, 0.1) is 0 Å². The summed E-state index contributed by atoms with van der Waals surface area (Å²) in [7, 11) is 0. The minimum atomic E-state index is -0.0678. The largest absolute Gasteiger partial charge is 0.308 e. The molecule has 1 aromatic heterocycles. The zero-order chi connectivity index (χ0) is 11.1. The fraction of sp³-hybridized carbons (Fsp3) is 0.231. The number of carbonyl (C=O) groups excluding carboxylic acids is 1. The molecule has 0 unspecified atom stereocenters. The molecule has 2 aromatic rings. The van der Waals surface area contributed by atoms with Gasteiger partial charge in [0.25, 0.3) is 5.56 Å². The van der Waals surface area contributed by atoms with Gasteiger partial charge in [0, 0.05) is 23.6 Å².